The van der Waals surface area contributed by atoms with E-state index >= 15 is 0 Å². The number of methoxy groups -OCH3 is 1. The Morgan fingerprint density at radius 1 is 1.27 bits per heavy atom. The van der Waals surface area contributed by atoms with Gasteiger partial charge in [-0.1, -0.05) is 13.0 Å². The minimum atomic E-state index is -3.74. The molecular weight excluding hydrogens is 424 g/mol. The molecule has 0 aliphatic carbocycles. The minimum absolute atomic E-state index is 0.0736. The number of ether oxygens (including phenoxy) is 1. The Kier molecular flexibility index (Phi) is 6.42. The highest BCUT2D eigenvalue weighted by Gasteiger charge is 2.27. The van der Waals surface area contributed by atoms with Gasteiger partial charge in [-0.25, -0.2) is 8.42 Å². The van der Waals surface area contributed by atoms with Crippen LogP contribution in [0, 0.1) is 12.8 Å². The Morgan fingerprint density at radius 2 is 2.00 bits per heavy atom. The average Bonchev–Trinajstić information content (AvgIpc) is 2.68. The largest absolute Gasteiger partial charge is 0.495 e. The second kappa shape index (κ2) is 8.69. The molecule has 0 spiro atoms. The van der Waals surface area contributed by atoms with E-state index in [1.165, 1.54) is 31.0 Å². The molecule has 2 amide bonds. The number of thioether (sulfide) groups is 1. The van der Waals surface area contributed by atoms with Gasteiger partial charge in [0, 0.05) is 10.8 Å². The third-order valence-corrected chi connectivity index (χ3v) is 7.86. The van der Waals surface area contributed by atoms with Crippen LogP contribution in [0.5, 0.6) is 5.75 Å². The Balaban J connectivity index is 1.75. The maximum atomic E-state index is 12.9. The molecule has 2 N–H and O–H groups in total. The lowest BCUT2D eigenvalue weighted by molar-refractivity contribution is -0.119. The molecule has 0 unspecified atom stereocenters. The fraction of sp³-hybridized carbons (Fsp3) is 0.333. The number of sulfone groups is 1. The zero-order chi connectivity index (χ0) is 22.1. The van der Waals surface area contributed by atoms with Gasteiger partial charge in [-0.3, -0.25) is 9.59 Å². The second-order valence-electron chi connectivity index (χ2n) is 7.28. The maximum Gasteiger partial charge on any atom is 0.237 e. The van der Waals surface area contributed by atoms with E-state index in [1.807, 2.05) is 13.0 Å². The number of aryl methyl sites for hydroxylation is 1. The number of carbonyl (C=O) groups is 2. The highest BCUT2D eigenvalue weighted by molar-refractivity contribution is 8.01. The molecule has 0 fully saturated rings. The fourth-order valence-electron chi connectivity index (χ4n) is 3.06. The van der Waals surface area contributed by atoms with Crippen LogP contribution < -0.4 is 15.4 Å². The van der Waals surface area contributed by atoms with Gasteiger partial charge in [0.1, 0.15) is 5.75 Å². The smallest absolute Gasteiger partial charge is 0.237 e. The molecule has 3 rings (SSSR count). The monoisotopic (exact) mass is 448 g/mol. The van der Waals surface area contributed by atoms with E-state index in [2.05, 4.69) is 10.6 Å². The Morgan fingerprint density at radius 3 is 2.70 bits per heavy atom. The molecule has 2 aromatic carbocycles. The van der Waals surface area contributed by atoms with E-state index in [-0.39, 0.29) is 21.8 Å². The summed E-state index contributed by atoms with van der Waals surface area (Å²) in [5, 5.41) is 5.25. The van der Waals surface area contributed by atoms with Gasteiger partial charge in [-0.15, -0.1) is 11.8 Å². The number of hydrogen-bond donors (Lipinski definition) is 2. The lowest BCUT2D eigenvalue weighted by atomic mass is 10.1. The van der Waals surface area contributed by atoms with Crippen molar-refractivity contribution in [1.29, 1.82) is 0 Å². The van der Waals surface area contributed by atoms with Crippen LogP contribution in [-0.4, -0.2) is 38.3 Å². The molecule has 30 heavy (non-hydrogen) atoms. The van der Waals surface area contributed by atoms with Gasteiger partial charge < -0.3 is 15.4 Å². The summed E-state index contributed by atoms with van der Waals surface area (Å²) in [6.45, 7) is 5.24. The van der Waals surface area contributed by atoms with Crippen LogP contribution in [0.3, 0.4) is 0 Å². The van der Waals surface area contributed by atoms with E-state index in [1.54, 1.807) is 32.0 Å². The van der Waals surface area contributed by atoms with Crippen molar-refractivity contribution in [3.05, 3.63) is 42.0 Å². The zero-order valence-electron chi connectivity index (χ0n) is 17.2. The number of fused-ring (bicyclic) bond motifs is 1. The van der Waals surface area contributed by atoms with E-state index < -0.39 is 21.7 Å². The first kappa shape index (κ1) is 22.2. The zero-order valence-corrected chi connectivity index (χ0v) is 18.8. The van der Waals surface area contributed by atoms with E-state index in [0.717, 1.165) is 10.5 Å². The molecule has 0 saturated heterocycles. The number of nitrogens with one attached hydrogen (secondary N) is 2. The third kappa shape index (κ3) is 4.79. The van der Waals surface area contributed by atoms with Gasteiger partial charge in [0.2, 0.25) is 11.8 Å². The fourth-order valence-corrected chi connectivity index (χ4v) is 5.56. The molecule has 0 saturated carbocycles. The van der Waals surface area contributed by atoms with Crippen LogP contribution in [0.15, 0.2) is 46.2 Å². The number of amides is 2. The molecule has 7 nitrogen and oxygen atoms in total. The van der Waals surface area contributed by atoms with E-state index in [4.69, 9.17) is 4.74 Å². The average molecular weight is 449 g/mol. The molecule has 0 aromatic heterocycles. The highest BCUT2D eigenvalue weighted by Crippen LogP contribution is 2.37. The van der Waals surface area contributed by atoms with Crippen molar-refractivity contribution in [2.45, 2.75) is 35.8 Å². The summed E-state index contributed by atoms with van der Waals surface area (Å²) in [5.41, 5.74) is 1.91. The van der Waals surface area contributed by atoms with Crippen LogP contribution >= 0.6 is 11.8 Å². The van der Waals surface area contributed by atoms with Crippen molar-refractivity contribution >= 4 is 44.8 Å². The molecule has 0 radical (unpaired) electrons. The van der Waals surface area contributed by atoms with Gasteiger partial charge in [-0.05, 0) is 49.7 Å². The van der Waals surface area contributed by atoms with Crippen LogP contribution in [0.4, 0.5) is 11.4 Å². The summed E-state index contributed by atoms with van der Waals surface area (Å²) < 4.78 is 31.0. The second-order valence-corrected chi connectivity index (χ2v) is 10.7. The topological polar surface area (TPSA) is 102 Å². The van der Waals surface area contributed by atoms with Crippen molar-refractivity contribution in [3.63, 3.8) is 0 Å². The van der Waals surface area contributed by atoms with E-state index in [0.29, 0.717) is 17.1 Å². The molecule has 9 heteroatoms. The van der Waals surface area contributed by atoms with Crippen LogP contribution in [-0.2, 0) is 19.4 Å². The summed E-state index contributed by atoms with van der Waals surface area (Å²) in [4.78, 5) is 25.4. The van der Waals surface area contributed by atoms with E-state index in [9.17, 15) is 18.0 Å². The van der Waals surface area contributed by atoms with Gasteiger partial charge in [0.25, 0.3) is 0 Å². The Hall–Kier alpha value is -2.52. The van der Waals surface area contributed by atoms with Crippen molar-refractivity contribution in [1.82, 2.24) is 0 Å². The predicted molar refractivity (Wildman–Crippen MR) is 118 cm³/mol. The molecule has 0 bridgehead atoms. The van der Waals surface area contributed by atoms with Gasteiger partial charge in [0.15, 0.2) is 9.84 Å². The molecular formula is C21H24N2O5S2. The number of benzene rings is 2. The van der Waals surface area contributed by atoms with Gasteiger partial charge in [0.05, 0.1) is 34.4 Å². The summed E-state index contributed by atoms with van der Waals surface area (Å²) in [6, 6.07) is 10.0. The normalized spacial score (nSPS) is 16.9. The molecule has 2 aromatic rings. The van der Waals surface area contributed by atoms with Crippen molar-refractivity contribution in [3.8, 4) is 5.75 Å². The third-order valence-electron chi connectivity index (χ3n) is 4.77. The molecule has 1 heterocycles. The standard InChI is InChI=1S/C21H24N2O5S2/c1-12-5-7-18(28-4)16(9-12)22-20(24)13(2)11-30(26,27)15-6-8-19-17(10-15)23-21(25)14(3)29-19/h5-10,13-14H,11H2,1-4H3,(H,22,24)(H,23,25)/t13-,14+/m0/s1. The quantitative estimate of drug-likeness (QED) is 0.702. The minimum Gasteiger partial charge on any atom is -0.495 e. The summed E-state index contributed by atoms with van der Waals surface area (Å²) in [6.07, 6.45) is 0. The first-order chi connectivity index (χ1) is 14.1. The molecule has 2 atom stereocenters. The number of anilines is 2. The van der Waals surface area contributed by atoms with Gasteiger partial charge in [-0.2, -0.15) is 0 Å². The predicted octanol–water partition coefficient (Wildman–Crippen LogP) is 3.48. The lowest BCUT2D eigenvalue weighted by Crippen LogP contribution is -2.28. The number of carbonyl (C=O) groups excluding carboxylic acids is 2. The Bertz CT molecular complexity index is 1100. The van der Waals surface area contributed by atoms with Crippen molar-refractivity contribution < 1.29 is 22.7 Å². The highest BCUT2D eigenvalue weighted by atomic mass is 32.2. The molecule has 160 valence electrons. The first-order valence-electron chi connectivity index (χ1n) is 9.40. The van der Waals surface area contributed by atoms with Gasteiger partial charge >= 0.3 is 0 Å². The van der Waals surface area contributed by atoms with Crippen molar-refractivity contribution in [2.75, 3.05) is 23.5 Å². The van der Waals surface area contributed by atoms with Crippen LogP contribution in [0.1, 0.15) is 19.4 Å². The van der Waals surface area contributed by atoms with Crippen molar-refractivity contribution in [2.24, 2.45) is 5.92 Å². The molecule has 1 aliphatic rings. The lowest BCUT2D eigenvalue weighted by Gasteiger charge is -2.22. The summed E-state index contributed by atoms with van der Waals surface area (Å²) in [5.74, 6) is -1.23. The number of rotatable bonds is 6. The summed E-state index contributed by atoms with van der Waals surface area (Å²) >= 11 is 1.38. The van der Waals surface area contributed by atoms with Crippen LogP contribution in [0.25, 0.3) is 0 Å². The Labute approximate surface area is 180 Å². The summed E-state index contributed by atoms with van der Waals surface area (Å²) in [7, 11) is -2.24. The molecule has 1 aliphatic heterocycles. The maximum absolute atomic E-state index is 12.9. The van der Waals surface area contributed by atoms with Crippen LogP contribution in [0.2, 0.25) is 0 Å². The SMILES string of the molecule is COc1ccc(C)cc1NC(=O)[C@@H](C)CS(=O)(=O)c1ccc2c(c1)NC(=O)[C@@H](C)S2. The number of hydrogen-bond acceptors (Lipinski definition) is 6. The first-order valence-corrected chi connectivity index (χ1v) is 11.9.